The lowest BCUT2D eigenvalue weighted by Crippen LogP contribution is -2.46. The predicted octanol–water partition coefficient (Wildman–Crippen LogP) is 1.96. The summed E-state index contributed by atoms with van der Waals surface area (Å²) in [5, 5.41) is 8.56. The lowest BCUT2D eigenvalue weighted by atomic mass is 10.5. The summed E-state index contributed by atoms with van der Waals surface area (Å²) >= 11 is 0. The number of hydrogen-bond donors (Lipinski definition) is 1. The molecule has 1 atom stereocenters. The molecule has 0 aromatic heterocycles. The van der Waals surface area contributed by atoms with E-state index in [0.29, 0.717) is 13.2 Å². The molecule has 6 heteroatoms. The standard InChI is InChI=1S/C10H26O4Si2/c1-12-16(5,14-15(2,3)4)10-6-8-13-9-7-11/h11H,6-10H2,1-5H3. The molecular weight excluding hydrogens is 240 g/mol. The van der Waals surface area contributed by atoms with E-state index < -0.39 is 16.9 Å². The van der Waals surface area contributed by atoms with Crippen LogP contribution in [-0.2, 0) is 13.3 Å². The normalized spacial score (nSPS) is 16.1. The zero-order valence-electron chi connectivity index (χ0n) is 11.2. The third-order valence-corrected chi connectivity index (χ3v) is 8.41. The SMILES string of the molecule is CO[Si](C)(CCCOCCO)O[Si](C)(C)C. The van der Waals surface area contributed by atoms with Gasteiger partial charge in [0.05, 0.1) is 13.2 Å². The van der Waals surface area contributed by atoms with E-state index in [9.17, 15) is 0 Å². The average molecular weight is 266 g/mol. The average Bonchev–Trinajstić information content (AvgIpc) is 2.15. The molecule has 0 radical (unpaired) electrons. The molecule has 0 aliphatic rings. The second-order valence-electron chi connectivity index (χ2n) is 4.99. The molecule has 0 heterocycles. The van der Waals surface area contributed by atoms with Crippen molar-refractivity contribution in [3.05, 3.63) is 0 Å². The first-order valence-corrected chi connectivity index (χ1v) is 11.7. The first-order chi connectivity index (χ1) is 7.33. The van der Waals surface area contributed by atoms with Crippen molar-refractivity contribution in [1.82, 2.24) is 0 Å². The fourth-order valence-electron chi connectivity index (χ4n) is 1.50. The van der Waals surface area contributed by atoms with Gasteiger partial charge in [0, 0.05) is 13.7 Å². The first-order valence-electron chi connectivity index (χ1n) is 5.77. The largest absolute Gasteiger partial charge is 0.436 e. The lowest BCUT2D eigenvalue weighted by molar-refractivity contribution is 0.0916. The van der Waals surface area contributed by atoms with E-state index in [2.05, 4.69) is 26.2 Å². The van der Waals surface area contributed by atoms with E-state index in [1.165, 1.54) is 0 Å². The lowest BCUT2D eigenvalue weighted by Gasteiger charge is -2.32. The van der Waals surface area contributed by atoms with Crippen LogP contribution in [-0.4, -0.2) is 48.9 Å². The van der Waals surface area contributed by atoms with E-state index in [1.807, 2.05) is 0 Å². The van der Waals surface area contributed by atoms with E-state index in [-0.39, 0.29) is 6.61 Å². The Morgan fingerprint density at radius 1 is 1.06 bits per heavy atom. The Morgan fingerprint density at radius 3 is 2.12 bits per heavy atom. The van der Waals surface area contributed by atoms with Crippen LogP contribution in [0.4, 0.5) is 0 Å². The summed E-state index contributed by atoms with van der Waals surface area (Å²) in [6.45, 7) is 9.82. The zero-order chi connectivity index (χ0) is 12.7. The molecule has 0 amide bonds. The van der Waals surface area contributed by atoms with E-state index in [4.69, 9.17) is 18.4 Å². The fraction of sp³-hybridized carbons (Fsp3) is 1.00. The van der Waals surface area contributed by atoms with Gasteiger partial charge in [0.15, 0.2) is 8.32 Å². The van der Waals surface area contributed by atoms with Gasteiger partial charge in [0.25, 0.3) is 0 Å². The van der Waals surface area contributed by atoms with Crippen LogP contribution in [0.1, 0.15) is 6.42 Å². The summed E-state index contributed by atoms with van der Waals surface area (Å²) in [5.74, 6) is 0. The van der Waals surface area contributed by atoms with Crippen molar-refractivity contribution >= 4 is 16.9 Å². The minimum atomic E-state index is -2.00. The Hall–Kier alpha value is 0.274. The van der Waals surface area contributed by atoms with Crippen molar-refractivity contribution in [1.29, 1.82) is 0 Å². The van der Waals surface area contributed by atoms with Crippen LogP contribution >= 0.6 is 0 Å². The monoisotopic (exact) mass is 266 g/mol. The van der Waals surface area contributed by atoms with Crippen LogP contribution < -0.4 is 0 Å². The summed E-state index contributed by atoms with van der Waals surface area (Å²) in [6.07, 6.45) is 0.932. The second-order valence-corrected chi connectivity index (χ2v) is 13.2. The van der Waals surface area contributed by atoms with Crippen LogP contribution in [0.25, 0.3) is 0 Å². The molecule has 1 N–H and O–H groups in total. The molecule has 0 bridgehead atoms. The number of rotatable bonds is 9. The second kappa shape index (κ2) is 7.57. The molecule has 0 aliphatic heterocycles. The van der Waals surface area contributed by atoms with Gasteiger partial charge < -0.3 is 18.4 Å². The van der Waals surface area contributed by atoms with E-state index in [0.717, 1.165) is 12.5 Å². The van der Waals surface area contributed by atoms with E-state index >= 15 is 0 Å². The van der Waals surface area contributed by atoms with Crippen LogP contribution in [0.5, 0.6) is 0 Å². The summed E-state index contributed by atoms with van der Waals surface area (Å²) in [5.41, 5.74) is 0. The van der Waals surface area contributed by atoms with Crippen molar-refractivity contribution < 1.29 is 18.4 Å². The molecule has 0 aromatic carbocycles. The Labute approximate surface area is 101 Å². The summed E-state index contributed by atoms with van der Waals surface area (Å²) in [4.78, 5) is 0. The minimum Gasteiger partial charge on any atom is -0.436 e. The molecule has 0 aliphatic carbocycles. The highest BCUT2D eigenvalue weighted by molar-refractivity contribution is 6.81. The number of aliphatic hydroxyl groups excluding tert-OH is 1. The summed E-state index contributed by atoms with van der Waals surface area (Å²) in [6, 6.07) is 0.944. The molecule has 0 saturated heterocycles. The molecule has 98 valence electrons. The van der Waals surface area contributed by atoms with Crippen molar-refractivity contribution in [2.45, 2.75) is 38.7 Å². The van der Waals surface area contributed by atoms with Crippen molar-refractivity contribution in [3.8, 4) is 0 Å². The van der Waals surface area contributed by atoms with Crippen LogP contribution in [0.2, 0.25) is 32.2 Å². The number of ether oxygens (including phenoxy) is 1. The third kappa shape index (κ3) is 8.43. The molecule has 0 fully saturated rings. The Morgan fingerprint density at radius 2 is 1.69 bits per heavy atom. The smallest absolute Gasteiger partial charge is 0.324 e. The number of aliphatic hydroxyl groups is 1. The fourth-order valence-corrected chi connectivity index (χ4v) is 8.42. The van der Waals surface area contributed by atoms with Gasteiger partial charge in [-0.15, -0.1) is 0 Å². The van der Waals surface area contributed by atoms with Crippen molar-refractivity contribution in [2.24, 2.45) is 0 Å². The van der Waals surface area contributed by atoms with Gasteiger partial charge in [0.1, 0.15) is 0 Å². The first kappa shape index (κ1) is 16.3. The highest BCUT2D eigenvalue weighted by atomic mass is 28.4. The molecule has 0 spiro atoms. The molecule has 0 saturated carbocycles. The van der Waals surface area contributed by atoms with Crippen molar-refractivity contribution in [3.63, 3.8) is 0 Å². The van der Waals surface area contributed by atoms with Gasteiger partial charge in [-0.1, -0.05) is 0 Å². The van der Waals surface area contributed by atoms with Crippen LogP contribution in [0.15, 0.2) is 0 Å². The Kier molecular flexibility index (Phi) is 7.70. The number of hydrogen-bond acceptors (Lipinski definition) is 4. The van der Waals surface area contributed by atoms with Gasteiger partial charge in [-0.3, -0.25) is 0 Å². The van der Waals surface area contributed by atoms with Gasteiger partial charge in [-0.2, -0.15) is 0 Å². The minimum absolute atomic E-state index is 0.0877. The Balaban J connectivity index is 3.88. The topological polar surface area (TPSA) is 47.9 Å². The zero-order valence-corrected chi connectivity index (χ0v) is 13.2. The van der Waals surface area contributed by atoms with Gasteiger partial charge >= 0.3 is 8.56 Å². The molecule has 16 heavy (non-hydrogen) atoms. The molecule has 4 nitrogen and oxygen atoms in total. The summed E-state index contributed by atoms with van der Waals surface area (Å²) < 4.78 is 16.9. The summed E-state index contributed by atoms with van der Waals surface area (Å²) in [7, 11) is -1.80. The quantitative estimate of drug-likeness (QED) is 0.512. The maximum atomic E-state index is 8.56. The predicted molar refractivity (Wildman–Crippen MR) is 70.4 cm³/mol. The van der Waals surface area contributed by atoms with E-state index in [1.54, 1.807) is 7.11 Å². The van der Waals surface area contributed by atoms with Gasteiger partial charge in [-0.25, -0.2) is 0 Å². The van der Waals surface area contributed by atoms with Crippen molar-refractivity contribution in [2.75, 3.05) is 26.9 Å². The van der Waals surface area contributed by atoms with Gasteiger partial charge in [0.2, 0.25) is 0 Å². The molecule has 0 rings (SSSR count). The van der Waals surface area contributed by atoms with Gasteiger partial charge in [-0.05, 0) is 38.7 Å². The highest BCUT2D eigenvalue weighted by Gasteiger charge is 2.34. The molecule has 0 aromatic rings. The van der Waals surface area contributed by atoms with Crippen LogP contribution in [0, 0.1) is 0 Å². The van der Waals surface area contributed by atoms with Crippen LogP contribution in [0.3, 0.4) is 0 Å². The maximum absolute atomic E-state index is 8.56. The Bertz CT molecular complexity index is 184. The highest BCUT2D eigenvalue weighted by Crippen LogP contribution is 2.20. The maximum Gasteiger partial charge on any atom is 0.324 e. The molecule has 1 unspecified atom stereocenters. The third-order valence-electron chi connectivity index (χ3n) is 2.11. The molecular formula is C10H26O4Si2.